The number of hydrogen-bond acceptors (Lipinski definition) is 2. The molecule has 0 aliphatic carbocycles. The molecular formula is C24H25NO. The van der Waals surface area contributed by atoms with Gasteiger partial charge in [-0.3, -0.25) is 9.78 Å². The van der Waals surface area contributed by atoms with Crippen LogP contribution in [0.2, 0.25) is 0 Å². The van der Waals surface area contributed by atoms with Gasteiger partial charge >= 0.3 is 0 Å². The quantitative estimate of drug-likeness (QED) is 0.514. The molecule has 1 unspecified atom stereocenters. The topological polar surface area (TPSA) is 30.0 Å². The van der Waals surface area contributed by atoms with Gasteiger partial charge in [-0.15, -0.1) is 0 Å². The molecule has 132 valence electrons. The molecule has 0 bridgehead atoms. The van der Waals surface area contributed by atoms with E-state index in [1.54, 1.807) is 6.92 Å². The van der Waals surface area contributed by atoms with Crippen molar-refractivity contribution in [3.05, 3.63) is 89.2 Å². The van der Waals surface area contributed by atoms with Crippen LogP contribution in [0.3, 0.4) is 0 Å². The van der Waals surface area contributed by atoms with Gasteiger partial charge in [0.1, 0.15) is 0 Å². The molecule has 3 rings (SSSR count). The summed E-state index contributed by atoms with van der Waals surface area (Å²) in [5, 5.41) is 0. The summed E-state index contributed by atoms with van der Waals surface area (Å²) >= 11 is 0. The summed E-state index contributed by atoms with van der Waals surface area (Å²) in [6, 6.07) is 20.7. The minimum atomic E-state index is 0.125. The smallest absolute Gasteiger partial charge is 0.160 e. The van der Waals surface area contributed by atoms with Crippen molar-refractivity contribution in [3.63, 3.8) is 0 Å². The maximum absolute atomic E-state index is 12.1. The van der Waals surface area contributed by atoms with Gasteiger partial charge < -0.3 is 0 Å². The van der Waals surface area contributed by atoms with E-state index in [4.69, 9.17) is 0 Å². The predicted molar refractivity (Wildman–Crippen MR) is 108 cm³/mol. The van der Waals surface area contributed by atoms with Crippen molar-refractivity contribution < 1.29 is 4.79 Å². The first-order valence-electron chi connectivity index (χ1n) is 9.16. The van der Waals surface area contributed by atoms with Gasteiger partial charge in [0, 0.05) is 17.5 Å². The van der Waals surface area contributed by atoms with Gasteiger partial charge in [-0.1, -0.05) is 61.0 Å². The first kappa shape index (κ1) is 18.1. The van der Waals surface area contributed by atoms with E-state index in [-0.39, 0.29) is 5.78 Å². The molecule has 1 heterocycles. The lowest BCUT2D eigenvalue weighted by Gasteiger charge is -2.17. The minimum Gasteiger partial charge on any atom is -0.295 e. The molecule has 1 aromatic heterocycles. The molecule has 0 saturated carbocycles. The van der Waals surface area contributed by atoms with Gasteiger partial charge in [0.15, 0.2) is 5.78 Å². The summed E-state index contributed by atoms with van der Waals surface area (Å²) in [6.45, 7) is 5.95. The van der Waals surface area contributed by atoms with Crippen LogP contribution in [0.5, 0.6) is 0 Å². The summed E-state index contributed by atoms with van der Waals surface area (Å²) in [6.07, 6.45) is 3.71. The Morgan fingerprint density at radius 1 is 1.00 bits per heavy atom. The van der Waals surface area contributed by atoms with Gasteiger partial charge in [0.25, 0.3) is 0 Å². The van der Waals surface area contributed by atoms with E-state index in [2.05, 4.69) is 61.3 Å². The van der Waals surface area contributed by atoms with Crippen LogP contribution in [0.25, 0.3) is 11.1 Å². The van der Waals surface area contributed by atoms with E-state index < -0.39 is 0 Å². The molecule has 2 heteroatoms. The normalized spacial score (nSPS) is 12.0. The fourth-order valence-corrected chi connectivity index (χ4v) is 3.36. The van der Waals surface area contributed by atoms with E-state index in [1.165, 1.54) is 16.7 Å². The molecule has 0 N–H and O–H groups in total. The zero-order valence-electron chi connectivity index (χ0n) is 15.7. The highest BCUT2D eigenvalue weighted by Gasteiger charge is 2.15. The summed E-state index contributed by atoms with van der Waals surface area (Å²) in [5.74, 6) is 0.418. The van der Waals surface area contributed by atoms with E-state index in [0.717, 1.165) is 29.7 Å². The number of benzene rings is 2. The largest absolute Gasteiger partial charge is 0.295 e. The van der Waals surface area contributed by atoms with Gasteiger partial charge in [-0.2, -0.15) is 0 Å². The number of nitrogens with zero attached hydrogens (tertiary/aromatic N) is 1. The molecule has 0 fully saturated rings. The summed E-state index contributed by atoms with van der Waals surface area (Å²) in [4.78, 5) is 16.5. The number of carbonyl (C=O) groups is 1. The van der Waals surface area contributed by atoms with Crippen molar-refractivity contribution >= 4 is 5.78 Å². The second kappa shape index (κ2) is 8.09. The highest BCUT2D eigenvalue weighted by atomic mass is 16.1. The number of pyridine rings is 1. The Balaban J connectivity index is 1.90. The molecule has 1 atom stereocenters. The summed E-state index contributed by atoms with van der Waals surface area (Å²) in [5.41, 5.74) is 6.65. The molecule has 0 amide bonds. The van der Waals surface area contributed by atoms with Crippen LogP contribution in [-0.4, -0.2) is 10.8 Å². The molecule has 3 aromatic rings. The van der Waals surface area contributed by atoms with Crippen molar-refractivity contribution in [1.29, 1.82) is 0 Å². The first-order chi connectivity index (χ1) is 12.5. The first-order valence-corrected chi connectivity index (χ1v) is 9.16. The standard InChI is InChI=1S/C24H25NO/c1-17-7-6-8-20(15-17)21-11-13-23(19(3)26)24(16-21)18(2)10-12-22-9-4-5-14-25-22/h4-9,11,13-16,18H,10,12H2,1-3H3. The molecule has 0 aliphatic heterocycles. The molecule has 26 heavy (non-hydrogen) atoms. The van der Waals surface area contributed by atoms with Crippen LogP contribution in [0.15, 0.2) is 66.9 Å². The molecule has 0 spiro atoms. The maximum Gasteiger partial charge on any atom is 0.160 e. The summed E-state index contributed by atoms with van der Waals surface area (Å²) in [7, 11) is 0. The number of Topliss-reactive ketones (excluding diaryl/α,β-unsaturated/α-hetero) is 1. The molecule has 2 aromatic carbocycles. The second-order valence-electron chi connectivity index (χ2n) is 6.99. The van der Waals surface area contributed by atoms with Gasteiger partial charge in [0.05, 0.1) is 0 Å². The van der Waals surface area contributed by atoms with Crippen LogP contribution in [0, 0.1) is 6.92 Å². The average Bonchev–Trinajstić information content (AvgIpc) is 2.66. The molecular weight excluding hydrogens is 318 g/mol. The number of hydrogen-bond donors (Lipinski definition) is 0. The monoisotopic (exact) mass is 343 g/mol. The Bertz CT molecular complexity index is 899. The van der Waals surface area contributed by atoms with E-state index in [1.807, 2.05) is 24.4 Å². The summed E-state index contributed by atoms with van der Waals surface area (Å²) < 4.78 is 0. The van der Waals surface area contributed by atoms with Crippen molar-refractivity contribution in [2.45, 2.75) is 39.5 Å². The third-order valence-corrected chi connectivity index (χ3v) is 4.87. The molecule has 0 aliphatic rings. The number of rotatable bonds is 6. The third kappa shape index (κ3) is 4.26. The third-order valence-electron chi connectivity index (χ3n) is 4.87. The number of aromatic nitrogens is 1. The fourth-order valence-electron chi connectivity index (χ4n) is 3.36. The van der Waals surface area contributed by atoms with E-state index in [0.29, 0.717) is 5.92 Å². The Morgan fingerprint density at radius 2 is 1.81 bits per heavy atom. The lowest BCUT2D eigenvalue weighted by Crippen LogP contribution is -2.05. The SMILES string of the molecule is CC(=O)c1ccc(-c2cccc(C)c2)cc1C(C)CCc1ccccn1. The molecule has 0 saturated heterocycles. The zero-order chi connectivity index (χ0) is 18.5. The van der Waals surface area contributed by atoms with Crippen molar-refractivity contribution in [2.75, 3.05) is 0 Å². The van der Waals surface area contributed by atoms with Crippen LogP contribution in [0.1, 0.15) is 53.4 Å². The highest BCUT2D eigenvalue weighted by Crippen LogP contribution is 2.30. The maximum atomic E-state index is 12.1. The lowest BCUT2D eigenvalue weighted by atomic mass is 9.87. The van der Waals surface area contributed by atoms with E-state index in [9.17, 15) is 4.79 Å². The van der Waals surface area contributed by atoms with Crippen molar-refractivity contribution in [3.8, 4) is 11.1 Å². The second-order valence-corrected chi connectivity index (χ2v) is 6.99. The lowest BCUT2D eigenvalue weighted by molar-refractivity contribution is 0.101. The van der Waals surface area contributed by atoms with Crippen LogP contribution < -0.4 is 0 Å². The highest BCUT2D eigenvalue weighted by molar-refractivity contribution is 5.96. The Morgan fingerprint density at radius 3 is 2.50 bits per heavy atom. The van der Waals surface area contributed by atoms with Crippen LogP contribution >= 0.6 is 0 Å². The Kier molecular flexibility index (Phi) is 5.62. The van der Waals surface area contributed by atoms with Crippen molar-refractivity contribution in [2.24, 2.45) is 0 Å². The molecule has 2 nitrogen and oxygen atoms in total. The average molecular weight is 343 g/mol. The van der Waals surface area contributed by atoms with Gasteiger partial charge in [-0.05, 0) is 61.4 Å². The molecule has 0 radical (unpaired) electrons. The van der Waals surface area contributed by atoms with E-state index >= 15 is 0 Å². The van der Waals surface area contributed by atoms with Gasteiger partial charge in [0.2, 0.25) is 0 Å². The number of aryl methyl sites for hydroxylation is 2. The zero-order valence-corrected chi connectivity index (χ0v) is 15.7. The van der Waals surface area contributed by atoms with Crippen LogP contribution in [0.4, 0.5) is 0 Å². The minimum absolute atomic E-state index is 0.125. The Hall–Kier alpha value is -2.74. The van der Waals surface area contributed by atoms with Gasteiger partial charge in [-0.25, -0.2) is 0 Å². The van der Waals surface area contributed by atoms with Crippen molar-refractivity contribution in [1.82, 2.24) is 4.98 Å². The fraction of sp³-hybridized carbons (Fsp3) is 0.250. The van der Waals surface area contributed by atoms with Crippen LogP contribution in [-0.2, 0) is 6.42 Å². The predicted octanol–water partition coefficient (Wildman–Crippen LogP) is 6.00. The Labute approximate surface area is 155 Å². The number of ketones is 1. The number of carbonyl (C=O) groups excluding carboxylic acids is 1.